The quantitative estimate of drug-likeness (QED) is 0.767. The van der Waals surface area contributed by atoms with Gasteiger partial charge in [-0.3, -0.25) is 0 Å². The molecule has 0 N–H and O–H groups in total. The summed E-state index contributed by atoms with van der Waals surface area (Å²) in [6.45, 7) is 0. The van der Waals surface area contributed by atoms with Gasteiger partial charge < -0.3 is 9.47 Å². The SMILES string of the molecule is COc1ccc(OC(Cl)C(Cl)Cl)cc1. The maximum Gasteiger partial charge on any atom is 0.202 e. The highest BCUT2D eigenvalue weighted by atomic mass is 35.5. The van der Waals surface area contributed by atoms with E-state index in [9.17, 15) is 0 Å². The number of rotatable bonds is 4. The lowest BCUT2D eigenvalue weighted by Gasteiger charge is -2.13. The molecule has 0 spiro atoms. The van der Waals surface area contributed by atoms with Crippen molar-refractivity contribution in [1.29, 1.82) is 0 Å². The van der Waals surface area contributed by atoms with Crippen LogP contribution in [-0.2, 0) is 0 Å². The molecular weight excluding hydrogens is 246 g/mol. The van der Waals surface area contributed by atoms with Crippen LogP contribution in [0.4, 0.5) is 0 Å². The van der Waals surface area contributed by atoms with Crippen molar-refractivity contribution in [3.8, 4) is 11.5 Å². The summed E-state index contributed by atoms with van der Waals surface area (Å²) in [6, 6.07) is 6.97. The van der Waals surface area contributed by atoms with E-state index in [1.807, 2.05) is 0 Å². The number of methoxy groups -OCH3 is 1. The van der Waals surface area contributed by atoms with Crippen LogP contribution in [0.1, 0.15) is 0 Å². The van der Waals surface area contributed by atoms with Crippen LogP contribution in [0.15, 0.2) is 24.3 Å². The first-order valence-corrected chi connectivity index (χ1v) is 5.17. The highest BCUT2D eigenvalue weighted by Crippen LogP contribution is 2.22. The maximum absolute atomic E-state index is 5.71. The monoisotopic (exact) mass is 254 g/mol. The zero-order valence-electron chi connectivity index (χ0n) is 7.41. The minimum atomic E-state index is -0.765. The number of alkyl halides is 3. The second-order valence-electron chi connectivity index (χ2n) is 2.48. The van der Waals surface area contributed by atoms with E-state index in [1.165, 1.54) is 0 Å². The van der Waals surface area contributed by atoms with Gasteiger partial charge in [0.15, 0.2) is 4.84 Å². The van der Waals surface area contributed by atoms with Gasteiger partial charge in [-0.25, -0.2) is 0 Å². The molecule has 0 aliphatic carbocycles. The van der Waals surface area contributed by atoms with Gasteiger partial charge in [0.1, 0.15) is 11.5 Å². The van der Waals surface area contributed by atoms with Crippen molar-refractivity contribution in [3.05, 3.63) is 24.3 Å². The average molecular weight is 256 g/mol. The molecule has 0 saturated carbocycles. The molecule has 2 nitrogen and oxygen atoms in total. The zero-order chi connectivity index (χ0) is 10.6. The van der Waals surface area contributed by atoms with Crippen molar-refractivity contribution < 1.29 is 9.47 Å². The minimum absolute atomic E-state index is 0.595. The third kappa shape index (κ3) is 3.45. The summed E-state index contributed by atoms with van der Waals surface area (Å²) in [5.74, 6) is 1.34. The number of hydrogen-bond acceptors (Lipinski definition) is 2. The van der Waals surface area contributed by atoms with Crippen molar-refractivity contribution in [3.63, 3.8) is 0 Å². The highest BCUT2D eigenvalue weighted by molar-refractivity contribution is 6.48. The molecule has 78 valence electrons. The van der Waals surface area contributed by atoms with Crippen LogP contribution in [0.25, 0.3) is 0 Å². The van der Waals surface area contributed by atoms with Crippen molar-refractivity contribution in [2.45, 2.75) is 10.4 Å². The molecule has 0 saturated heterocycles. The summed E-state index contributed by atoms with van der Waals surface area (Å²) in [6.07, 6.45) is 0. The van der Waals surface area contributed by atoms with Crippen LogP contribution in [0.3, 0.4) is 0 Å². The van der Waals surface area contributed by atoms with Crippen LogP contribution in [0.5, 0.6) is 11.5 Å². The lowest BCUT2D eigenvalue weighted by atomic mass is 10.3. The molecule has 0 heterocycles. The molecule has 14 heavy (non-hydrogen) atoms. The molecule has 0 aliphatic rings. The van der Waals surface area contributed by atoms with Gasteiger partial charge in [0.2, 0.25) is 5.56 Å². The van der Waals surface area contributed by atoms with Gasteiger partial charge in [0.25, 0.3) is 0 Å². The number of halogens is 3. The Balaban J connectivity index is 2.59. The van der Waals surface area contributed by atoms with E-state index in [0.717, 1.165) is 5.75 Å². The Kier molecular flexibility index (Phi) is 4.66. The molecule has 0 aliphatic heterocycles. The predicted molar refractivity (Wildman–Crippen MR) is 58.8 cm³/mol. The fraction of sp³-hybridized carbons (Fsp3) is 0.333. The number of hydrogen-bond donors (Lipinski definition) is 0. The summed E-state index contributed by atoms with van der Waals surface area (Å²) in [5, 5.41) is 0. The summed E-state index contributed by atoms with van der Waals surface area (Å²) >= 11 is 16.7. The smallest absolute Gasteiger partial charge is 0.202 e. The first kappa shape index (κ1) is 11.8. The molecule has 1 unspecified atom stereocenters. The number of benzene rings is 1. The second-order valence-corrected chi connectivity index (χ2v) is 4.07. The fourth-order valence-electron chi connectivity index (χ4n) is 0.836. The van der Waals surface area contributed by atoms with Gasteiger partial charge in [-0.05, 0) is 24.3 Å². The standard InChI is InChI=1S/C9H9Cl3O2/c1-13-6-2-4-7(5-3-6)14-9(12)8(10)11/h2-5,8-9H,1H3. The van der Waals surface area contributed by atoms with Gasteiger partial charge in [-0.15, -0.1) is 0 Å². The molecule has 1 atom stereocenters. The molecule has 5 heteroatoms. The largest absolute Gasteiger partial charge is 0.497 e. The third-order valence-corrected chi connectivity index (χ3v) is 2.56. The van der Waals surface area contributed by atoms with Crippen LogP contribution < -0.4 is 9.47 Å². The summed E-state index contributed by atoms with van der Waals surface area (Å²) < 4.78 is 10.2. The molecule has 1 aromatic carbocycles. The van der Waals surface area contributed by atoms with Crippen LogP contribution in [-0.4, -0.2) is 17.5 Å². The molecule has 0 amide bonds. The lowest BCUT2D eigenvalue weighted by molar-refractivity contribution is 0.294. The van der Waals surface area contributed by atoms with Crippen molar-refractivity contribution >= 4 is 34.8 Å². The lowest BCUT2D eigenvalue weighted by Crippen LogP contribution is -2.16. The fourth-order valence-corrected chi connectivity index (χ4v) is 1.04. The maximum atomic E-state index is 5.71. The van der Waals surface area contributed by atoms with E-state index in [-0.39, 0.29) is 0 Å². The van der Waals surface area contributed by atoms with E-state index in [2.05, 4.69) is 0 Å². The highest BCUT2D eigenvalue weighted by Gasteiger charge is 2.14. The van der Waals surface area contributed by atoms with Crippen molar-refractivity contribution in [2.24, 2.45) is 0 Å². The van der Waals surface area contributed by atoms with E-state index in [1.54, 1.807) is 31.4 Å². The topological polar surface area (TPSA) is 18.5 Å². The van der Waals surface area contributed by atoms with Crippen molar-refractivity contribution in [1.82, 2.24) is 0 Å². The van der Waals surface area contributed by atoms with Gasteiger partial charge in [-0.2, -0.15) is 0 Å². The molecule has 0 radical (unpaired) electrons. The van der Waals surface area contributed by atoms with Gasteiger partial charge in [0, 0.05) is 0 Å². The predicted octanol–water partition coefficient (Wildman–Crippen LogP) is 3.44. The van der Waals surface area contributed by atoms with E-state index in [0.29, 0.717) is 5.75 Å². The first-order chi connectivity index (χ1) is 6.63. The molecular formula is C9H9Cl3O2. The number of ether oxygens (including phenoxy) is 2. The molecule has 0 bridgehead atoms. The Hall–Kier alpha value is -0.310. The van der Waals surface area contributed by atoms with E-state index in [4.69, 9.17) is 44.3 Å². The normalized spacial score (nSPS) is 12.6. The third-order valence-electron chi connectivity index (χ3n) is 1.51. The Morgan fingerprint density at radius 2 is 1.50 bits per heavy atom. The van der Waals surface area contributed by atoms with E-state index < -0.39 is 10.4 Å². The first-order valence-electron chi connectivity index (χ1n) is 3.86. The van der Waals surface area contributed by atoms with Crippen LogP contribution in [0, 0.1) is 0 Å². The molecule has 1 rings (SSSR count). The molecule has 1 aromatic rings. The van der Waals surface area contributed by atoms with Gasteiger partial charge in [-0.1, -0.05) is 34.8 Å². The zero-order valence-corrected chi connectivity index (χ0v) is 9.68. The average Bonchev–Trinajstić information content (AvgIpc) is 2.19. The molecule has 0 fully saturated rings. The Labute approximate surface area is 97.7 Å². The Morgan fingerprint density at radius 1 is 1.00 bits per heavy atom. The van der Waals surface area contributed by atoms with Gasteiger partial charge >= 0.3 is 0 Å². The Morgan fingerprint density at radius 3 is 1.93 bits per heavy atom. The molecule has 0 aromatic heterocycles. The van der Waals surface area contributed by atoms with Crippen LogP contribution in [0.2, 0.25) is 0 Å². The second kappa shape index (κ2) is 5.54. The van der Waals surface area contributed by atoms with Gasteiger partial charge in [0.05, 0.1) is 7.11 Å². The summed E-state index contributed by atoms with van der Waals surface area (Å²) in [7, 11) is 1.59. The summed E-state index contributed by atoms with van der Waals surface area (Å²) in [5.41, 5.74) is -0.758. The summed E-state index contributed by atoms with van der Waals surface area (Å²) in [4.78, 5) is -0.765. The Bertz CT molecular complexity index is 274. The van der Waals surface area contributed by atoms with E-state index >= 15 is 0 Å². The van der Waals surface area contributed by atoms with Crippen molar-refractivity contribution in [2.75, 3.05) is 7.11 Å². The van der Waals surface area contributed by atoms with Crippen LogP contribution >= 0.6 is 34.8 Å². The minimum Gasteiger partial charge on any atom is -0.497 e.